The normalized spacial score (nSPS) is 10.2. The van der Waals surface area contributed by atoms with Crippen molar-refractivity contribution < 1.29 is 14.0 Å². The van der Waals surface area contributed by atoms with E-state index >= 15 is 0 Å². The molecule has 0 aliphatic carbocycles. The largest absolute Gasteiger partial charge is 0.274 e. The van der Waals surface area contributed by atoms with E-state index in [0.717, 1.165) is 4.90 Å². The first-order valence-electron chi connectivity index (χ1n) is 5.49. The van der Waals surface area contributed by atoms with Crippen LogP contribution in [0, 0.1) is 19.7 Å². The van der Waals surface area contributed by atoms with E-state index in [2.05, 4.69) is 0 Å². The Morgan fingerprint density at radius 1 is 1.24 bits per heavy atom. The summed E-state index contributed by atoms with van der Waals surface area (Å²) < 4.78 is 13.3. The molecule has 17 heavy (non-hydrogen) atoms. The van der Waals surface area contributed by atoms with Gasteiger partial charge in [0.1, 0.15) is 5.82 Å². The maximum absolute atomic E-state index is 13.3. The molecule has 0 saturated heterocycles. The Labute approximate surface area is 100 Å². The molecule has 1 rings (SSSR count). The Bertz CT molecular complexity index is 469. The van der Waals surface area contributed by atoms with Crippen LogP contribution in [-0.4, -0.2) is 11.8 Å². The van der Waals surface area contributed by atoms with Gasteiger partial charge in [0.15, 0.2) is 0 Å². The molecule has 0 bridgehead atoms. The summed E-state index contributed by atoms with van der Waals surface area (Å²) in [5.41, 5.74) is 1.53. The highest BCUT2D eigenvalue weighted by molar-refractivity contribution is 6.14. The van der Waals surface area contributed by atoms with E-state index in [1.165, 1.54) is 19.1 Å². The smallest absolute Gasteiger partial charge is 0.233 e. The summed E-state index contributed by atoms with van der Waals surface area (Å²) in [7, 11) is 0. The predicted octanol–water partition coefficient (Wildman–Crippen LogP) is 2.73. The average Bonchev–Trinajstić information content (AvgIpc) is 2.28. The lowest BCUT2D eigenvalue weighted by Crippen LogP contribution is -2.35. The Morgan fingerprint density at radius 3 is 2.29 bits per heavy atom. The summed E-state index contributed by atoms with van der Waals surface area (Å²) in [6, 6.07) is 2.74. The van der Waals surface area contributed by atoms with Crippen molar-refractivity contribution in [1.82, 2.24) is 0 Å². The minimum atomic E-state index is -0.356. The predicted molar refractivity (Wildman–Crippen MR) is 64.3 cm³/mol. The first-order chi connectivity index (χ1) is 7.90. The number of nitrogens with zero attached hydrogens (tertiary/aromatic N) is 1. The minimum absolute atomic E-state index is 0.232. The van der Waals surface area contributed by atoms with E-state index in [9.17, 15) is 14.0 Å². The molecule has 0 aliphatic heterocycles. The molecule has 0 aliphatic rings. The second kappa shape index (κ2) is 5.08. The minimum Gasteiger partial charge on any atom is -0.274 e. The Morgan fingerprint density at radius 2 is 1.82 bits per heavy atom. The Balaban J connectivity index is 3.34. The van der Waals surface area contributed by atoms with Crippen molar-refractivity contribution in [1.29, 1.82) is 0 Å². The van der Waals surface area contributed by atoms with Gasteiger partial charge in [-0.25, -0.2) is 4.39 Å². The molecule has 0 radical (unpaired) electrons. The van der Waals surface area contributed by atoms with Crippen LogP contribution >= 0.6 is 0 Å². The fourth-order valence-electron chi connectivity index (χ4n) is 1.65. The van der Waals surface area contributed by atoms with Crippen molar-refractivity contribution in [2.24, 2.45) is 0 Å². The third-order valence-corrected chi connectivity index (χ3v) is 2.80. The lowest BCUT2D eigenvalue weighted by atomic mass is 10.1. The van der Waals surface area contributed by atoms with Crippen LogP contribution in [0.15, 0.2) is 12.1 Å². The molecule has 0 atom stereocenters. The van der Waals surface area contributed by atoms with E-state index in [-0.39, 0.29) is 24.1 Å². The van der Waals surface area contributed by atoms with Crippen molar-refractivity contribution in [2.75, 3.05) is 4.90 Å². The number of halogens is 1. The lowest BCUT2D eigenvalue weighted by molar-refractivity contribution is -0.125. The molecular formula is C13H16FNO2. The summed E-state index contributed by atoms with van der Waals surface area (Å²) in [6.45, 7) is 6.34. The molecule has 0 unspecified atom stereocenters. The number of imide groups is 1. The second-order valence-electron chi connectivity index (χ2n) is 3.92. The first kappa shape index (κ1) is 13.4. The summed E-state index contributed by atoms with van der Waals surface area (Å²) >= 11 is 0. The zero-order valence-electron chi connectivity index (χ0n) is 10.5. The molecule has 0 N–H and O–H groups in total. The Hall–Kier alpha value is -1.71. The molecule has 0 aromatic heterocycles. The molecule has 0 saturated carbocycles. The number of hydrogen-bond acceptors (Lipinski definition) is 2. The van der Waals surface area contributed by atoms with E-state index < -0.39 is 0 Å². The van der Waals surface area contributed by atoms with E-state index in [1.807, 2.05) is 0 Å². The van der Waals surface area contributed by atoms with Crippen LogP contribution in [0.2, 0.25) is 0 Å². The molecule has 0 fully saturated rings. The van der Waals surface area contributed by atoms with Crippen molar-refractivity contribution in [3.63, 3.8) is 0 Å². The number of carbonyl (C=O) groups is 2. The van der Waals surface area contributed by atoms with Crippen molar-refractivity contribution in [2.45, 2.75) is 34.1 Å². The summed E-state index contributed by atoms with van der Waals surface area (Å²) in [5, 5.41) is 0. The summed E-state index contributed by atoms with van der Waals surface area (Å²) in [6.07, 6.45) is 0.232. The van der Waals surface area contributed by atoms with Crippen molar-refractivity contribution >= 4 is 17.5 Å². The van der Waals surface area contributed by atoms with Crippen LogP contribution in [0.1, 0.15) is 31.4 Å². The van der Waals surface area contributed by atoms with E-state index in [0.29, 0.717) is 16.8 Å². The van der Waals surface area contributed by atoms with Crippen molar-refractivity contribution in [3.05, 3.63) is 29.1 Å². The molecule has 3 nitrogen and oxygen atoms in total. The zero-order chi connectivity index (χ0) is 13.2. The van der Waals surface area contributed by atoms with Crippen LogP contribution in [0.5, 0.6) is 0 Å². The highest BCUT2D eigenvalue weighted by Gasteiger charge is 2.21. The van der Waals surface area contributed by atoms with Gasteiger partial charge in [-0.15, -0.1) is 0 Å². The molecule has 0 heterocycles. The average molecular weight is 237 g/mol. The van der Waals surface area contributed by atoms with Crippen LogP contribution in [0.4, 0.5) is 10.1 Å². The van der Waals surface area contributed by atoms with Crippen LogP contribution < -0.4 is 4.90 Å². The zero-order valence-corrected chi connectivity index (χ0v) is 10.5. The van der Waals surface area contributed by atoms with Crippen molar-refractivity contribution in [3.8, 4) is 0 Å². The van der Waals surface area contributed by atoms with E-state index in [1.54, 1.807) is 20.8 Å². The first-order valence-corrected chi connectivity index (χ1v) is 5.49. The lowest BCUT2D eigenvalue weighted by Gasteiger charge is -2.21. The highest BCUT2D eigenvalue weighted by atomic mass is 19.1. The number of rotatable bonds is 2. The monoisotopic (exact) mass is 237 g/mol. The number of hydrogen-bond donors (Lipinski definition) is 0. The van der Waals surface area contributed by atoms with Gasteiger partial charge in [0, 0.05) is 13.3 Å². The number of amides is 2. The van der Waals surface area contributed by atoms with Gasteiger partial charge in [-0.05, 0) is 37.1 Å². The number of anilines is 1. The second-order valence-corrected chi connectivity index (χ2v) is 3.92. The van der Waals surface area contributed by atoms with Gasteiger partial charge in [-0.1, -0.05) is 6.92 Å². The van der Waals surface area contributed by atoms with Gasteiger partial charge in [0.05, 0.1) is 5.69 Å². The molecule has 4 heteroatoms. The fraction of sp³-hybridized carbons (Fsp3) is 0.385. The number of carbonyl (C=O) groups excluding carboxylic acids is 2. The maximum atomic E-state index is 13.3. The van der Waals surface area contributed by atoms with Crippen LogP contribution in [0.3, 0.4) is 0 Å². The fourth-order valence-corrected chi connectivity index (χ4v) is 1.65. The SMILES string of the molecule is CCC(=O)N(C(C)=O)c1ccc(F)c(C)c1C. The molecule has 2 amide bonds. The topological polar surface area (TPSA) is 37.4 Å². The molecular weight excluding hydrogens is 221 g/mol. The molecule has 1 aromatic rings. The highest BCUT2D eigenvalue weighted by Crippen LogP contribution is 2.25. The van der Waals surface area contributed by atoms with E-state index in [4.69, 9.17) is 0 Å². The summed E-state index contributed by atoms with van der Waals surface area (Å²) in [4.78, 5) is 24.3. The maximum Gasteiger partial charge on any atom is 0.233 e. The number of benzene rings is 1. The third-order valence-electron chi connectivity index (χ3n) is 2.80. The standard InChI is InChI=1S/C13H16FNO2/c1-5-13(17)15(10(4)16)12-7-6-11(14)8(2)9(12)3/h6-7H,5H2,1-4H3. The molecule has 1 aromatic carbocycles. The van der Waals surface area contributed by atoms with Gasteiger partial charge in [-0.2, -0.15) is 0 Å². The van der Waals surface area contributed by atoms with Crippen LogP contribution in [0.25, 0.3) is 0 Å². The van der Waals surface area contributed by atoms with Gasteiger partial charge < -0.3 is 0 Å². The van der Waals surface area contributed by atoms with Gasteiger partial charge >= 0.3 is 0 Å². The Kier molecular flexibility index (Phi) is 3.99. The van der Waals surface area contributed by atoms with Crippen LogP contribution in [-0.2, 0) is 9.59 Å². The third kappa shape index (κ3) is 2.52. The van der Waals surface area contributed by atoms with Gasteiger partial charge in [-0.3, -0.25) is 14.5 Å². The molecule has 92 valence electrons. The molecule has 0 spiro atoms. The van der Waals surface area contributed by atoms with Gasteiger partial charge in [0.2, 0.25) is 11.8 Å². The van der Waals surface area contributed by atoms with Gasteiger partial charge in [0.25, 0.3) is 0 Å². The summed E-state index contributed by atoms with van der Waals surface area (Å²) in [5.74, 6) is -0.976. The quantitative estimate of drug-likeness (QED) is 0.793.